The van der Waals surface area contributed by atoms with Crippen LogP contribution in [-0.2, 0) is 65.9 Å². The van der Waals surface area contributed by atoms with Gasteiger partial charge in [0.15, 0.2) is 18.1 Å². The van der Waals surface area contributed by atoms with Crippen molar-refractivity contribution in [2.45, 2.75) is 89.8 Å². The summed E-state index contributed by atoms with van der Waals surface area (Å²) in [4.78, 5) is 65.6. The Bertz CT molecular complexity index is 3220. The van der Waals surface area contributed by atoms with Crippen molar-refractivity contribution in [3.63, 3.8) is 0 Å². The fourth-order valence-corrected chi connectivity index (χ4v) is 14.0. The molecule has 4 heterocycles. The van der Waals surface area contributed by atoms with Crippen molar-refractivity contribution < 1.29 is 61.7 Å². The Labute approximate surface area is 494 Å². The van der Waals surface area contributed by atoms with Gasteiger partial charge >= 0.3 is 5.97 Å². The second-order valence-electron chi connectivity index (χ2n) is 21.7. The Hall–Kier alpha value is -6.90. The van der Waals surface area contributed by atoms with Crippen molar-refractivity contribution in [1.29, 1.82) is 0 Å². The van der Waals surface area contributed by atoms with Crippen LogP contribution in [0.15, 0.2) is 96.2 Å². The minimum Gasteiger partial charge on any atom is -0.493 e. The molecule has 440 valence electrons. The molecule has 83 heavy (non-hydrogen) atoms. The van der Waals surface area contributed by atoms with Crippen LogP contribution < -0.4 is 28.9 Å². The largest absolute Gasteiger partial charge is 0.493 e. The number of carbonyl (C=O) groups is 4. The number of amides is 2. The van der Waals surface area contributed by atoms with Crippen LogP contribution in [0, 0.1) is 12.8 Å². The van der Waals surface area contributed by atoms with Gasteiger partial charge in [-0.1, -0.05) is 63.1 Å². The average molecular weight is 1170 g/mol. The number of Topliss-reactive ketones (excluding diaryl/α,β-unsaturated/α-hetero) is 1. The van der Waals surface area contributed by atoms with Crippen molar-refractivity contribution in [3.8, 4) is 17.2 Å². The normalized spacial score (nSPS) is 16.4. The number of anilines is 3. The van der Waals surface area contributed by atoms with Gasteiger partial charge in [0.1, 0.15) is 31.8 Å². The smallest absolute Gasteiger partial charge is 0.309 e. The fraction of sp³-hybridized carbons (Fsp3) is 0.438. The predicted octanol–water partition coefficient (Wildman–Crippen LogP) is 9.90. The number of ether oxygens (including phenoxy) is 7. The molecular weight excluding hydrogens is 1090 g/mol. The first-order valence-electron chi connectivity index (χ1n) is 28.1. The Morgan fingerprint density at radius 3 is 2.19 bits per heavy atom. The second-order valence-corrected chi connectivity index (χ2v) is 24.7. The molecule has 17 nitrogen and oxygen atoms in total. The number of fused-ring (bicyclic) bond motifs is 8. The van der Waals surface area contributed by atoms with Crippen molar-refractivity contribution in [2.24, 2.45) is 11.1 Å². The molecule has 2 amide bonds. The molecule has 9 rings (SSSR count). The topological polar surface area (TPSA) is 167 Å². The summed E-state index contributed by atoms with van der Waals surface area (Å²) in [5.41, 5.74) is 10.5. The van der Waals surface area contributed by atoms with E-state index < -0.39 is 16.6 Å². The van der Waals surface area contributed by atoms with Crippen LogP contribution in [0.1, 0.15) is 87.7 Å². The molecule has 5 aromatic carbocycles. The summed E-state index contributed by atoms with van der Waals surface area (Å²) in [6.07, 6.45) is 8.05. The summed E-state index contributed by atoms with van der Waals surface area (Å²) < 4.78 is 43.1. The highest BCUT2D eigenvalue weighted by Gasteiger charge is 2.39. The number of rotatable bonds is 29. The standard InChI is InChI=1S/C64H75N5O12S2/c1-9-65-81-39-52(70)32-48(63(73)76-8)40-82-83-64(3,4)41-67(20-21-77-24-25-78-23-22-74-6)50-28-43(37-79-58-33-45-18-19-49-30-46-14-10-12-16-55(46)68(49)61(71)53(45)26-42(58)2)27-44(29-50)38-80-60-35-57-54(34-59(60)75-7)62(72)69-51(36-66(57)5)31-47-15-11-13-17-56(47)69/h9-17,26-29,33-35,48-49,51H,18-25,30-32,37-41H2,1-8H3/t48?,49-,51+/m1/s1. The number of oxime groups is 1. The van der Waals surface area contributed by atoms with Crippen molar-refractivity contribution in [1.82, 2.24) is 0 Å². The molecular formula is C64H75N5O12S2. The fourth-order valence-electron chi connectivity index (χ4n) is 11.2. The highest BCUT2D eigenvalue weighted by molar-refractivity contribution is 8.77. The van der Waals surface area contributed by atoms with E-state index in [1.165, 1.54) is 29.7 Å². The van der Waals surface area contributed by atoms with E-state index in [0.29, 0.717) is 92.4 Å². The summed E-state index contributed by atoms with van der Waals surface area (Å²) in [6, 6.07) is 30.0. The number of ketones is 1. The molecule has 1 unspecified atom stereocenters. The maximum Gasteiger partial charge on any atom is 0.309 e. The average Bonchev–Trinajstić information content (AvgIpc) is 4.21. The molecule has 0 aromatic heterocycles. The number of hydrogen-bond acceptors (Lipinski definition) is 16. The first-order valence-corrected chi connectivity index (χ1v) is 30.5. The van der Waals surface area contributed by atoms with Crippen LogP contribution in [0.5, 0.6) is 17.2 Å². The molecule has 0 spiro atoms. The SMILES string of the molecule is CC=NOCC(=O)CC(CSSC(C)(C)CN(CCOCCOCCOC)c1cc(COc2cc3c(cc2C)C(=O)N2c4ccccc4C[C@H]2CC3)cc(COc2cc3c(cc2OC)C(=O)N2c4ccccc4C[C@H]2[C-]=[N+]3C)c1)C(=O)OC. The molecule has 5 aromatic rings. The maximum absolute atomic E-state index is 14.4. The quantitative estimate of drug-likeness (QED) is 0.00844. The van der Waals surface area contributed by atoms with E-state index >= 15 is 0 Å². The van der Waals surface area contributed by atoms with E-state index in [4.69, 9.17) is 38.0 Å². The molecule has 4 aliphatic rings. The maximum atomic E-state index is 14.4. The van der Waals surface area contributed by atoms with Crippen molar-refractivity contribution in [2.75, 3.05) is 102 Å². The van der Waals surface area contributed by atoms with Crippen LogP contribution in [0.4, 0.5) is 22.7 Å². The third kappa shape index (κ3) is 14.7. The summed E-state index contributed by atoms with van der Waals surface area (Å²) in [6.45, 7) is 11.3. The van der Waals surface area contributed by atoms with Crippen LogP contribution in [-0.4, -0.2) is 144 Å². The molecule has 3 atom stereocenters. The molecule has 0 N–H and O–H groups in total. The van der Waals surface area contributed by atoms with E-state index in [0.717, 1.165) is 64.1 Å². The number of benzene rings is 5. The van der Waals surface area contributed by atoms with Gasteiger partial charge in [0.05, 0.1) is 58.9 Å². The van der Waals surface area contributed by atoms with Crippen LogP contribution >= 0.6 is 21.6 Å². The first kappa shape index (κ1) is 60.7. The number of para-hydroxylation sites is 2. The monoisotopic (exact) mass is 1170 g/mol. The lowest BCUT2D eigenvalue weighted by atomic mass is 9.98. The third-order valence-electron chi connectivity index (χ3n) is 15.1. The first-order chi connectivity index (χ1) is 40.2. The predicted molar refractivity (Wildman–Crippen MR) is 325 cm³/mol. The molecule has 19 heteroatoms. The molecule has 0 fully saturated rings. The molecule has 0 saturated carbocycles. The van der Waals surface area contributed by atoms with Gasteiger partial charge in [-0.2, -0.15) is 0 Å². The minimum atomic E-state index is -0.672. The lowest BCUT2D eigenvalue weighted by Crippen LogP contribution is -2.39. The minimum absolute atomic E-state index is 0.0234. The van der Waals surface area contributed by atoms with Crippen LogP contribution in [0.3, 0.4) is 0 Å². The van der Waals surface area contributed by atoms with E-state index in [9.17, 15) is 19.2 Å². The summed E-state index contributed by atoms with van der Waals surface area (Å²) in [5.74, 6) is 0.414. The molecule has 0 aliphatic carbocycles. The Morgan fingerprint density at radius 2 is 1.48 bits per heavy atom. The van der Waals surface area contributed by atoms with Gasteiger partial charge in [0.2, 0.25) is 5.91 Å². The van der Waals surface area contributed by atoms with Gasteiger partial charge in [-0.05, 0) is 141 Å². The number of carbonyl (C=O) groups excluding carboxylic acids is 4. The Balaban J connectivity index is 1.00. The van der Waals surface area contributed by atoms with Gasteiger partial charge in [-0.15, -0.1) is 0 Å². The lowest BCUT2D eigenvalue weighted by molar-refractivity contribution is -0.401. The van der Waals surface area contributed by atoms with Crippen LogP contribution in [0.25, 0.3) is 0 Å². The zero-order chi connectivity index (χ0) is 58.6. The highest BCUT2D eigenvalue weighted by atomic mass is 33.1. The number of nitrogens with zero attached hydrogens (tertiary/aromatic N) is 5. The van der Waals surface area contributed by atoms with E-state index in [1.807, 2.05) is 82.9 Å². The number of aryl methyl sites for hydroxylation is 2. The zero-order valence-electron chi connectivity index (χ0n) is 48.7. The van der Waals surface area contributed by atoms with E-state index in [1.54, 1.807) is 38.0 Å². The number of methoxy groups -OCH3 is 3. The number of esters is 1. The van der Waals surface area contributed by atoms with Crippen LogP contribution in [0.2, 0.25) is 0 Å². The molecule has 0 radical (unpaired) electrons. The molecule has 0 saturated heterocycles. The summed E-state index contributed by atoms with van der Waals surface area (Å²) in [5, 5.41) is 3.67. The Morgan fingerprint density at radius 1 is 0.807 bits per heavy atom. The van der Waals surface area contributed by atoms with Crippen molar-refractivity contribution in [3.05, 3.63) is 136 Å². The Kier molecular flexibility index (Phi) is 20.6. The van der Waals surface area contributed by atoms with Crippen molar-refractivity contribution >= 4 is 80.3 Å². The van der Waals surface area contributed by atoms with Gasteiger partial charge in [-0.3, -0.25) is 19.2 Å². The van der Waals surface area contributed by atoms with E-state index in [-0.39, 0.29) is 55.9 Å². The van der Waals surface area contributed by atoms with Gasteiger partial charge in [0.25, 0.3) is 5.91 Å². The third-order valence-corrected chi connectivity index (χ3v) is 18.5. The highest BCUT2D eigenvalue weighted by Crippen LogP contribution is 2.43. The lowest BCUT2D eigenvalue weighted by Gasteiger charge is -2.34. The summed E-state index contributed by atoms with van der Waals surface area (Å²) >= 11 is 0. The molecule has 0 bridgehead atoms. The van der Waals surface area contributed by atoms with Gasteiger partial charge in [0, 0.05) is 89.8 Å². The number of hydrogen-bond donors (Lipinski definition) is 0. The van der Waals surface area contributed by atoms with Gasteiger partial charge in [-0.25, -0.2) is 0 Å². The van der Waals surface area contributed by atoms with Gasteiger partial charge < -0.3 is 57.3 Å². The molecule has 4 aliphatic heterocycles. The summed E-state index contributed by atoms with van der Waals surface area (Å²) in [7, 11) is 9.57. The van der Waals surface area contributed by atoms with E-state index in [2.05, 4.69) is 60.4 Å². The second kappa shape index (κ2) is 28.1. The zero-order valence-corrected chi connectivity index (χ0v) is 50.4.